The molecule has 3 rings (SSSR count). The maximum Gasteiger partial charge on any atom is 0.240 e. The summed E-state index contributed by atoms with van der Waals surface area (Å²) >= 11 is 2.77. The monoisotopic (exact) mass is 391 g/mol. The van der Waals surface area contributed by atoms with Gasteiger partial charge in [0.1, 0.15) is 0 Å². The predicted octanol–water partition coefficient (Wildman–Crippen LogP) is 2.79. The zero-order valence-electron chi connectivity index (χ0n) is 14.7. The summed E-state index contributed by atoms with van der Waals surface area (Å²) in [5, 5.41) is 13.3. The number of thioether (sulfide) groups is 2. The molecule has 2 aliphatic rings. The van der Waals surface area contributed by atoms with E-state index in [0.29, 0.717) is 6.42 Å². The van der Waals surface area contributed by atoms with Gasteiger partial charge in [-0.3, -0.25) is 9.59 Å². The van der Waals surface area contributed by atoms with Gasteiger partial charge in [0.15, 0.2) is 5.50 Å². The van der Waals surface area contributed by atoms with Gasteiger partial charge in [0.2, 0.25) is 11.0 Å². The minimum atomic E-state index is -0.359. The summed E-state index contributed by atoms with van der Waals surface area (Å²) in [5.74, 6) is 0.598. The molecule has 0 bridgehead atoms. The third-order valence-electron chi connectivity index (χ3n) is 3.97. The van der Waals surface area contributed by atoms with Gasteiger partial charge in [0.25, 0.3) is 0 Å². The molecular weight excluding hydrogens is 370 g/mol. The second kappa shape index (κ2) is 8.59. The average molecular weight is 392 g/mol. The van der Waals surface area contributed by atoms with Crippen molar-refractivity contribution in [2.75, 3.05) is 31.3 Å². The highest BCUT2D eigenvalue weighted by atomic mass is 32.2. The highest BCUT2D eigenvalue weighted by Crippen LogP contribution is 2.28. The van der Waals surface area contributed by atoms with E-state index < -0.39 is 0 Å². The third-order valence-corrected chi connectivity index (χ3v) is 5.87. The van der Waals surface area contributed by atoms with Crippen LogP contribution in [0, 0.1) is 0 Å². The number of amides is 1. The van der Waals surface area contributed by atoms with Gasteiger partial charge in [0, 0.05) is 31.7 Å². The van der Waals surface area contributed by atoms with Crippen LogP contribution in [0.25, 0.3) is 0 Å². The third kappa shape index (κ3) is 4.79. The van der Waals surface area contributed by atoms with Crippen molar-refractivity contribution in [2.45, 2.75) is 18.0 Å². The first kappa shape index (κ1) is 18.8. The van der Waals surface area contributed by atoms with Gasteiger partial charge in [-0.2, -0.15) is 10.2 Å². The molecule has 2 aliphatic heterocycles. The molecule has 0 aromatic heterocycles. The van der Waals surface area contributed by atoms with Crippen molar-refractivity contribution >= 4 is 45.9 Å². The van der Waals surface area contributed by atoms with Crippen LogP contribution < -0.4 is 10.2 Å². The Morgan fingerprint density at radius 1 is 1.35 bits per heavy atom. The summed E-state index contributed by atoms with van der Waals surface area (Å²) in [6.07, 6.45) is 2.53. The molecule has 1 N–H and O–H groups in total. The van der Waals surface area contributed by atoms with Crippen molar-refractivity contribution in [1.82, 2.24) is 10.2 Å². The topological polar surface area (TPSA) is 77.4 Å². The summed E-state index contributed by atoms with van der Waals surface area (Å²) in [7, 11) is 3.97. The Hall–Kier alpha value is -2.00. The molecular formula is C17H21N5O2S2. The van der Waals surface area contributed by atoms with Crippen molar-refractivity contribution in [3.05, 3.63) is 35.9 Å². The smallest absolute Gasteiger partial charge is 0.240 e. The summed E-state index contributed by atoms with van der Waals surface area (Å²) in [5.41, 5.74) is 1.59. The second-order valence-electron chi connectivity index (χ2n) is 6.12. The van der Waals surface area contributed by atoms with Crippen LogP contribution in [0.4, 0.5) is 11.4 Å². The van der Waals surface area contributed by atoms with Crippen molar-refractivity contribution in [3.63, 3.8) is 0 Å². The number of nitrogens with one attached hydrogen (secondary N) is 1. The minimum absolute atomic E-state index is 0.0436. The van der Waals surface area contributed by atoms with E-state index in [-0.39, 0.29) is 29.1 Å². The van der Waals surface area contributed by atoms with E-state index in [1.165, 1.54) is 23.5 Å². The van der Waals surface area contributed by atoms with E-state index in [1.54, 1.807) is 0 Å². The lowest BCUT2D eigenvalue weighted by Gasteiger charge is -2.21. The van der Waals surface area contributed by atoms with Crippen molar-refractivity contribution < 1.29 is 9.59 Å². The summed E-state index contributed by atoms with van der Waals surface area (Å²) in [6.45, 7) is 0.154. The second-order valence-corrected chi connectivity index (χ2v) is 8.19. The lowest BCUT2D eigenvalue weighted by molar-refractivity contribution is -0.125. The minimum Gasteiger partial charge on any atom is -0.378 e. The van der Waals surface area contributed by atoms with E-state index in [4.69, 9.17) is 0 Å². The molecule has 2 unspecified atom stereocenters. The van der Waals surface area contributed by atoms with Gasteiger partial charge < -0.3 is 15.1 Å². The number of carbonyl (C=O) groups excluding carboxylic acids is 2. The maximum atomic E-state index is 12.2. The molecule has 0 spiro atoms. The van der Waals surface area contributed by atoms with Crippen LogP contribution in [0.15, 0.2) is 46.1 Å². The molecule has 0 saturated carbocycles. The highest BCUT2D eigenvalue weighted by Gasteiger charge is 2.28. The molecule has 9 heteroatoms. The van der Waals surface area contributed by atoms with E-state index in [0.717, 1.165) is 17.1 Å². The van der Waals surface area contributed by atoms with Crippen LogP contribution in [-0.2, 0) is 9.59 Å². The first-order valence-electron chi connectivity index (χ1n) is 8.25. The fraction of sp³-hybridized carbons (Fsp3) is 0.412. The molecule has 1 aromatic rings. The van der Waals surface area contributed by atoms with Gasteiger partial charge >= 0.3 is 0 Å². The van der Waals surface area contributed by atoms with Crippen molar-refractivity contribution in [1.29, 1.82) is 0 Å². The summed E-state index contributed by atoms with van der Waals surface area (Å²) in [6, 6.07) is 7.42. The van der Waals surface area contributed by atoms with Gasteiger partial charge in [-0.05, 0) is 36.1 Å². The Morgan fingerprint density at radius 3 is 2.77 bits per heavy atom. The Morgan fingerprint density at radius 2 is 2.12 bits per heavy atom. The number of nitrogens with zero attached hydrogens (tertiary/aromatic N) is 4. The van der Waals surface area contributed by atoms with E-state index in [9.17, 15) is 9.59 Å². The number of carbonyl (C=O) groups is 2. The Bertz CT molecular complexity index is 720. The van der Waals surface area contributed by atoms with Gasteiger partial charge in [0.05, 0.1) is 18.3 Å². The molecule has 2 heterocycles. The normalized spacial score (nSPS) is 22.4. The van der Waals surface area contributed by atoms with Crippen LogP contribution in [0.1, 0.15) is 6.42 Å². The van der Waals surface area contributed by atoms with Crippen LogP contribution in [0.3, 0.4) is 0 Å². The zero-order chi connectivity index (χ0) is 18.5. The van der Waals surface area contributed by atoms with Gasteiger partial charge in [-0.1, -0.05) is 23.5 Å². The summed E-state index contributed by atoms with van der Waals surface area (Å²) < 4.78 is 0. The molecule has 1 fully saturated rings. The van der Waals surface area contributed by atoms with Crippen LogP contribution >= 0.6 is 23.5 Å². The zero-order valence-corrected chi connectivity index (χ0v) is 16.3. The van der Waals surface area contributed by atoms with Crippen LogP contribution in [0.2, 0.25) is 0 Å². The molecule has 0 radical (unpaired) electrons. The number of anilines is 1. The fourth-order valence-corrected chi connectivity index (χ4v) is 4.23. The molecule has 1 aromatic carbocycles. The highest BCUT2D eigenvalue weighted by molar-refractivity contribution is 8.14. The largest absolute Gasteiger partial charge is 0.378 e. The van der Waals surface area contributed by atoms with Gasteiger partial charge in [-0.15, -0.1) is 0 Å². The van der Waals surface area contributed by atoms with Crippen LogP contribution in [-0.4, -0.2) is 53.9 Å². The van der Waals surface area contributed by atoms with E-state index >= 15 is 0 Å². The number of rotatable bonds is 6. The predicted molar refractivity (Wildman–Crippen MR) is 107 cm³/mol. The SMILES string of the molecule is CN(C)c1ccc(/N=N/C2SC=CN2CC(=O)NC2CCSC2=O)cc1. The van der Waals surface area contributed by atoms with Crippen molar-refractivity contribution in [2.24, 2.45) is 10.2 Å². The molecule has 7 nitrogen and oxygen atoms in total. The number of hydrogen-bond acceptors (Lipinski definition) is 8. The molecule has 0 aliphatic carbocycles. The quantitative estimate of drug-likeness (QED) is 0.752. The molecule has 1 saturated heterocycles. The maximum absolute atomic E-state index is 12.2. The molecule has 138 valence electrons. The number of hydrogen-bond donors (Lipinski definition) is 1. The van der Waals surface area contributed by atoms with Gasteiger partial charge in [-0.25, -0.2) is 0 Å². The van der Waals surface area contributed by atoms with Crippen molar-refractivity contribution in [3.8, 4) is 0 Å². The molecule has 1 amide bonds. The fourth-order valence-electron chi connectivity index (χ4n) is 2.53. The van der Waals surface area contributed by atoms with E-state index in [2.05, 4.69) is 15.5 Å². The standard InChI is InChI=1S/C17H21N5O2S2/c1-21(2)13-5-3-12(4-6-13)19-20-17-22(8-10-26-17)11-15(23)18-14-7-9-25-16(14)24/h3-6,8,10,14,17H,7,9,11H2,1-2H3,(H,18,23)/b20-19+. The number of benzene rings is 1. The van der Waals surface area contributed by atoms with Crippen LogP contribution in [0.5, 0.6) is 0 Å². The molecule has 2 atom stereocenters. The lowest BCUT2D eigenvalue weighted by atomic mass is 10.2. The summed E-state index contributed by atoms with van der Waals surface area (Å²) in [4.78, 5) is 27.6. The number of azo groups is 1. The van der Waals surface area contributed by atoms with E-state index in [1.807, 2.05) is 59.8 Å². The first-order chi connectivity index (χ1) is 12.5. The average Bonchev–Trinajstić information content (AvgIpc) is 3.22. The first-order valence-corrected chi connectivity index (χ1v) is 10.2. The lowest BCUT2D eigenvalue weighted by Crippen LogP contribution is -2.43. The Kier molecular flexibility index (Phi) is 6.20. The molecule has 26 heavy (non-hydrogen) atoms. The Balaban J connectivity index is 1.54. The Labute approximate surface area is 161 Å².